The average molecular weight is 353 g/mol. The van der Waals surface area contributed by atoms with Gasteiger partial charge in [0.2, 0.25) is 0 Å². The molecular weight excluding hydrogens is 334 g/mol. The van der Waals surface area contributed by atoms with Gasteiger partial charge in [-0.3, -0.25) is 0 Å². The van der Waals surface area contributed by atoms with Gasteiger partial charge in [0.05, 0.1) is 0 Å². The summed E-state index contributed by atoms with van der Waals surface area (Å²) in [6, 6.07) is 14.7. The third-order valence-electron chi connectivity index (χ3n) is 3.38. The van der Waals surface area contributed by atoms with E-state index in [1.54, 1.807) is 0 Å². The fourth-order valence-electron chi connectivity index (χ4n) is 2.29. The molecule has 0 radical (unpaired) electrons. The highest BCUT2D eigenvalue weighted by Gasteiger charge is 2.08. The maximum absolute atomic E-state index is 6.23. The van der Waals surface area contributed by atoms with E-state index in [-0.39, 0.29) is 6.04 Å². The molecule has 0 spiro atoms. The molecule has 1 atom stereocenters. The molecule has 0 bridgehead atoms. The smallest absolute Gasteiger partial charge is 0.0449 e. The summed E-state index contributed by atoms with van der Waals surface area (Å²) in [5.74, 6) is 0. The molecule has 0 saturated heterocycles. The molecule has 0 aliphatic heterocycles. The van der Waals surface area contributed by atoms with Crippen molar-refractivity contribution in [2.75, 3.05) is 0 Å². The molecule has 1 unspecified atom stereocenters. The number of aryl methyl sites for hydroxylation is 2. The van der Waals surface area contributed by atoms with Gasteiger partial charge >= 0.3 is 0 Å². The van der Waals surface area contributed by atoms with Crippen molar-refractivity contribution in [1.29, 1.82) is 0 Å². The van der Waals surface area contributed by atoms with Crippen LogP contribution in [0.3, 0.4) is 0 Å². The minimum atomic E-state index is 0.134. The molecule has 0 heterocycles. The Kier molecular flexibility index (Phi) is 5.64. The maximum atomic E-state index is 6.23. The van der Waals surface area contributed by atoms with Crippen LogP contribution in [0.5, 0.6) is 0 Å². The zero-order valence-corrected chi connectivity index (χ0v) is 13.9. The summed E-state index contributed by atoms with van der Waals surface area (Å²) in [6.07, 6.45) is 2.80. The van der Waals surface area contributed by atoms with Gasteiger partial charge in [0.15, 0.2) is 0 Å². The maximum Gasteiger partial charge on any atom is 0.0449 e. The molecule has 0 aromatic heterocycles. The lowest BCUT2D eigenvalue weighted by atomic mass is 9.99. The predicted octanol–water partition coefficient (Wildman–Crippen LogP) is 4.91. The molecule has 2 N–H and O–H groups in total. The van der Waals surface area contributed by atoms with Crippen LogP contribution < -0.4 is 5.73 Å². The Labute approximate surface area is 134 Å². The summed E-state index contributed by atoms with van der Waals surface area (Å²) >= 11 is 9.64. The van der Waals surface area contributed by atoms with E-state index >= 15 is 0 Å². The highest BCUT2D eigenvalue weighted by Crippen LogP contribution is 2.23. The standard InChI is InChI=1S/C17H19BrClN/c1-12-3-2-4-13(9-12)5-8-16(20)10-14-6-7-15(18)11-17(14)19/h2-4,6-7,9,11,16H,5,8,10,20H2,1H3. The van der Waals surface area contributed by atoms with Crippen LogP contribution in [0.25, 0.3) is 0 Å². The lowest BCUT2D eigenvalue weighted by molar-refractivity contribution is 0.610. The van der Waals surface area contributed by atoms with Crippen molar-refractivity contribution < 1.29 is 0 Å². The molecule has 2 aromatic carbocycles. The van der Waals surface area contributed by atoms with Gasteiger partial charge in [0.1, 0.15) is 0 Å². The van der Waals surface area contributed by atoms with Gasteiger partial charge in [-0.1, -0.05) is 63.4 Å². The molecule has 0 fully saturated rings. The van der Waals surface area contributed by atoms with Crippen LogP contribution in [0.15, 0.2) is 46.9 Å². The summed E-state index contributed by atoms with van der Waals surface area (Å²) in [4.78, 5) is 0. The minimum Gasteiger partial charge on any atom is -0.327 e. The minimum absolute atomic E-state index is 0.134. The second kappa shape index (κ2) is 7.26. The van der Waals surface area contributed by atoms with Gasteiger partial charge < -0.3 is 5.73 Å². The van der Waals surface area contributed by atoms with E-state index in [2.05, 4.69) is 47.1 Å². The molecule has 0 aliphatic rings. The summed E-state index contributed by atoms with van der Waals surface area (Å²) in [6.45, 7) is 2.12. The van der Waals surface area contributed by atoms with Crippen LogP contribution in [0.1, 0.15) is 23.1 Å². The van der Waals surface area contributed by atoms with Gasteiger partial charge in [0, 0.05) is 15.5 Å². The Morgan fingerprint density at radius 3 is 2.70 bits per heavy atom. The third kappa shape index (κ3) is 4.62. The van der Waals surface area contributed by atoms with Crippen LogP contribution >= 0.6 is 27.5 Å². The van der Waals surface area contributed by atoms with E-state index in [0.717, 1.165) is 34.3 Å². The van der Waals surface area contributed by atoms with Gasteiger partial charge in [-0.2, -0.15) is 0 Å². The Morgan fingerprint density at radius 2 is 2.00 bits per heavy atom. The number of hydrogen-bond acceptors (Lipinski definition) is 1. The molecule has 0 amide bonds. The molecule has 2 aromatic rings. The number of halogens is 2. The van der Waals surface area contributed by atoms with Crippen LogP contribution in [0.2, 0.25) is 5.02 Å². The van der Waals surface area contributed by atoms with Gasteiger partial charge in [-0.15, -0.1) is 0 Å². The average Bonchev–Trinajstić information content (AvgIpc) is 2.40. The third-order valence-corrected chi connectivity index (χ3v) is 4.23. The fourth-order valence-corrected chi connectivity index (χ4v) is 3.04. The monoisotopic (exact) mass is 351 g/mol. The molecule has 0 aliphatic carbocycles. The molecule has 0 saturated carbocycles. The van der Waals surface area contributed by atoms with E-state index in [0.29, 0.717) is 0 Å². The quantitative estimate of drug-likeness (QED) is 0.812. The molecule has 20 heavy (non-hydrogen) atoms. The fraction of sp³-hybridized carbons (Fsp3) is 0.294. The summed E-state index contributed by atoms with van der Waals surface area (Å²) < 4.78 is 1.000. The summed E-state index contributed by atoms with van der Waals surface area (Å²) in [5, 5.41) is 0.783. The Hall–Kier alpha value is -0.830. The topological polar surface area (TPSA) is 26.0 Å². The largest absolute Gasteiger partial charge is 0.327 e. The molecule has 1 nitrogen and oxygen atoms in total. The van der Waals surface area contributed by atoms with E-state index in [4.69, 9.17) is 17.3 Å². The number of benzene rings is 2. The van der Waals surface area contributed by atoms with Crippen molar-refractivity contribution in [3.05, 3.63) is 68.7 Å². The molecular formula is C17H19BrClN. The second-order valence-corrected chi connectivity index (χ2v) is 6.55. The first-order valence-corrected chi connectivity index (χ1v) is 7.97. The van der Waals surface area contributed by atoms with E-state index in [1.165, 1.54) is 11.1 Å². The van der Waals surface area contributed by atoms with Crippen molar-refractivity contribution in [2.45, 2.75) is 32.2 Å². The lowest BCUT2D eigenvalue weighted by Crippen LogP contribution is -2.23. The first kappa shape index (κ1) is 15.6. The summed E-state index contributed by atoms with van der Waals surface area (Å²) in [7, 11) is 0. The van der Waals surface area contributed by atoms with Crippen molar-refractivity contribution in [2.24, 2.45) is 5.73 Å². The number of nitrogens with two attached hydrogens (primary N) is 1. The van der Waals surface area contributed by atoms with Crippen LogP contribution in [-0.2, 0) is 12.8 Å². The Morgan fingerprint density at radius 1 is 1.20 bits per heavy atom. The molecule has 2 rings (SSSR count). The van der Waals surface area contributed by atoms with Crippen molar-refractivity contribution >= 4 is 27.5 Å². The van der Waals surface area contributed by atoms with Gasteiger partial charge in [0.25, 0.3) is 0 Å². The van der Waals surface area contributed by atoms with Gasteiger partial charge in [-0.05, 0) is 49.4 Å². The zero-order chi connectivity index (χ0) is 14.5. The Balaban J connectivity index is 1.90. The first-order valence-electron chi connectivity index (χ1n) is 6.79. The lowest BCUT2D eigenvalue weighted by Gasteiger charge is -2.13. The second-order valence-electron chi connectivity index (χ2n) is 5.23. The number of hydrogen-bond donors (Lipinski definition) is 1. The van der Waals surface area contributed by atoms with E-state index in [9.17, 15) is 0 Å². The van der Waals surface area contributed by atoms with Crippen LogP contribution in [0, 0.1) is 6.92 Å². The normalized spacial score (nSPS) is 12.4. The van der Waals surface area contributed by atoms with Crippen molar-refractivity contribution in [1.82, 2.24) is 0 Å². The highest BCUT2D eigenvalue weighted by atomic mass is 79.9. The zero-order valence-electron chi connectivity index (χ0n) is 11.6. The van der Waals surface area contributed by atoms with Gasteiger partial charge in [-0.25, -0.2) is 0 Å². The van der Waals surface area contributed by atoms with Crippen molar-refractivity contribution in [3.63, 3.8) is 0 Å². The highest BCUT2D eigenvalue weighted by molar-refractivity contribution is 9.10. The predicted molar refractivity (Wildman–Crippen MR) is 90.3 cm³/mol. The first-order chi connectivity index (χ1) is 9.54. The van der Waals surface area contributed by atoms with Crippen molar-refractivity contribution in [3.8, 4) is 0 Å². The molecule has 3 heteroatoms. The summed E-state index contributed by atoms with van der Waals surface area (Å²) in [5.41, 5.74) is 9.99. The Bertz CT molecular complexity index is 583. The van der Waals surface area contributed by atoms with Crippen LogP contribution in [0.4, 0.5) is 0 Å². The van der Waals surface area contributed by atoms with Crippen LogP contribution in [-0.4, -0.2) is 6.04 Å². The SMILES string of the molecule is Cc1cccc(CCC(N)Cc2ccc(Br)cc2Cl)c1. The van der Waals surface area contributed by atoms with E-state index in [1.807, 2.05) is 18.2 Å². The van der Waals surface area contributed by atoms with E-state index < -0.39 is 0 Å². The molecule has 106 valence electrons. The number of rotatable bonds is 5.